The maximum absolute atomic E-state index is 13.3. The summed E-state index contributed by atoms with van der Waals surface area (Å²) < 4.78 is 38.2. The van der Waals surface area contributed by atoms with Crippen molar-refractivity contribution in [1.29, 1.82) is 0 Å². The fraction of sp³-hybridized carbons (Fsp3) is 0.500. The monoisotopic (exact) mass is 493 g/mol. The van der Waals surface area contributed by atoms with Crippen LogP contribution in [0.5, 0.6) is 5.75 Å². The van der Waals surface area contributed by atoms with Crippen LogP contribution in [-0.2, 0) is 26.2 Å². The number of hydrogen-bond donors (Lipinski definition) is 2. The van der Waals surface area contributed by atoms with Gasteiger partial charge in [0.05, 0.1) is 31.4 Å². The average Bonchev–Trinajstić information content (AvgIpc) is 3.29. The van der Waals surface area contributed by atoms with E-state index in [-0.39, 0.29) is 23.3 Å². The molecule has 2 N–H and O–H groups in total. The van der Waals surface area contributed by atoms with Gasteiger partial charge in [-0.2, -0.15) is 0 Å². The van der Waals surface area contributed by atoms with Crippen LogP contribution in [0.4, 0.5) is 0 Å². The van der Waals surface area contributed by atoms with Crippen molar-refractivity contribution in [2.75, 3.05) is 13.7 Å². The van der Waals surface area contributed by atoms with Gasteiger partial charge in [0.2, 0.25) is 21.8 Å². The summed E-state index contributed by atoms with van der Waals surface area (Å²) in [5.41, 5.74) is -0.459. The van der Waals surface area contributed by atoms with E-state index in [2.05, 4.69) is 10.0 Å². The van der Waals surface area contributed by atoms with E-state index in [4.69, 9.17) is 9.15 Å². The number of carbonyl (C=O) groups excluding carboxylic acids is 2. The molecule has 1 heterocycles. The zero-order chi connectivity index (χ0) is 25.5. The van der Waals surface area contributed by atoms with Crippen LogP contribution < -0.4 is 14.8 Å². The van der Waals surface area contributed by atoms with Gasteiger partial charge >= 0.3 is 0 Å². The molecule has 2 rings (SSSR count). The van der Waals surface area contributed by atoms with Crippen LogP contribution in [0.15, 0.2) is 52.0 Å². The number of nitrogens with zero attached hydrogens (tertiary/aromatic N) is 1. The van der Waals surface area contributed by atoms with Gasteiger partial charge in [-0.15, -0.1) is 0 Å². The lowest BCUT2D eigenvalue weighted by atomic mass is 9.97. The van der Waals surface area contributed by atoms with E-state index in [1.165, 1.54) is 42.5 Å². The van der Waals surface area contributed by atoms with E-state index in [1.807, 2.05) is 34.6 Å². The van der Waals surface area contributed by atoms with Gasteiger partial charge in [-0.25, -0.2) is 13.1 Å². The Bertz CT molecular complexity index is 1050. The second-order valence-electron chi connectivity index (χ2n) is 9.02. The van der Waals surface area contributed by atoms with Crippen molar-refractivity contribution in [3.05, 3.63) is 48.4 Å². The van der Waals surface area contributed by atoms with E-state index in [0.717, 1.165) is 0 Å². The molecule has 2 aromatic rings. The molecule has 0 aliphatic rings. The summed E-state index contributed by atoms with van der Waals surface area (Å²) >= 11 is 0. The molecule has 0 radical (unpaired) electrons. The molecular formula is C24H35N3O6S. The van der Waals surface area contributed by atoms with Crippen molar-refractivity contribution in [2.24, 2.45) is 5.92 Å². The second-order valence-corrected chi connectivity index (χ2v) is 10.8. The van der Waals surface area contributed by atoms with Gasteiger partial charge in [-0.1, -0.05) is 20.8 Å². The molecular weight excluding hydrogens is 458 g/mol. The molecule has 2 amide bonds. The predicted octanol–water partition coefficient (Wildman–Crippen LogP) is 2.92. The van der Waals surface area contributed by atoms with Crippen molar-refractivity contribution in [1.82, 2.24) is 14.9 Å². The predicted molar refractivity (Wildman–Crippen MR) is 129 cm³/mol. The molecule has 0 bridgehead atoms. The Morgan fingerprint density at radius 1 is 1.15 bits per heavy atom. The zero-order valence-corrected chi connectivity index (χ0v) is 21.4. The number of amides is 2. The Hall–Kier alpha value is -2.85. The number of carbonyl (C=O) groups is 2. The van der Waals surface area contributed by atoms with Crippen molar-refractivity contribution >= 4 is 21.8 Å². The lowest BCUT2D eigenvalue weighted by Gasteiger charge is -2.36. The summed E-state index contributed by atoms with van der Waals surface area (Å²) in [5.74, 6) is -0.0822. The number of benzene rings is 1. The lowest BCUT2D eigenvalue weighted by Crippen LogP contribution is -2.57. The second kappa shape index (κ2) is 11.5. The van der Waals surface area contributed by atoms with Crippen LogP contribution in [0.1, 0.15) is 46.8 Å². The molecule has 1 unspecified atom stereocenters. The van der Waals surface area contributed by atoms with E-state index < -0.39 is 34.1 Å². The van der Waals surface area contributed by atoms with Gasteiger partial charge in [-0.3, -0.25) is 9.59 Å². The van der Waals surface area contributed by atoms with Crippen molar-refractivity contribution in [3.63, 3.8) is 0 Å². The molecule has 34 heavy (non-hydrogen) atoms. The summed E-state index contributed by atoms with van der Waals surface area (Å²) in [6, 6.07) is 8.39. The molecule has 1 aromatic heterocycles. The Morgan fingerprint density at radius 3 is 2.29 bits per heavy atom. The molecule has 188 valence electrons. The minimum absolute atomic E-state index is 0.00142. The zero-order valence-electron chi connectivity index (χ0n) is 20.6. The van der Waals surface area contributed by atoms with E-state index in [9.17, 15) is 18.0 Å². The van der Waals surface area contributed by atoms with Crippen LogP contribution in [-0.4, -0.2) is 50.4 Å². The first-order valence-electron chi connectivity index (χ1n) is 11.2. The van der Waals surface area contributed by atoms with Gasteiger partial charge in [0, 0.05) is 5.54 Å². The summed E-state index contributed by atoms with van der Waals surface area (Å²) in [6.45, 7) is 8.97. The highest BCUT2D eigenvalue weighted by Gasteiger charge is 2.35. The van der Waals surface area contributed by atoms with Crippen molar-refractivity contribution < 1.29 is 27.2 Å². The molecule has 0 saturated heterocycles. The van der Waals surface area contributed by atoms with Crippen LogP contribution in [0, 0.1) is 5.92 Å². The van der Waals surface area contributed by atoms with E-state index in [1.54, 1.807) is 12.1 Å². The van der Waals surface area contributed by atoms with Crippen molar-refractivity contribution in [3.8, 4) is 5.75 Å². The van der Waals surface area contributed by atoms with Crippen LogP contribution >= 0.6 is 0 Å². The largest absolute Gasteiger partial charge is 0.497 e. The molecule has 0 spiro atoms. The van der Waals surface area contributed by atoms with Gasteiger partial charge in [0.15, 0.2) is 0 Å². The first kappa shape index (κ1) is 27.4. The molecule has 0 fully saturated rings. The first-order valence-corrected chi connectivity index (χ1v) is 12.7. The third-order valence-electron chi connectivity index (χ3n) is 5.59. The molecule has 0 saturated carbocycles. The van der Waals surface area contributed by atoms with Gasteiger partial charge in [-0.05, 0) is 62.6 Å². The maximum atomic E-state index is 13.3. The lowest BCUT2D eigenvalue weighted by molar-refractivity contribution is -0.143. The van der Waals surface area contributed by atoms with Crippen LogP contribution in [0.25, 0.3) is 0 Å². The van der Waals surface area contributed by atoms with Crippen molar-refractivity contribution in [2.45, 2.75) is 64.1 Å². The van der Waals surface area contributed by atoms with Gasteiger partial charge in [0.25, 0.3) is 0 Å². The summed E-state index contributed by atoms with van der Waals surface area (Å²) in [5, 5.41) is 3.00. The Labute approximate surface area is 201 Å². The number of rotatable bonds is 12. The molecule has 0 aliphatic carbocycles. The summed E-state index contributed by atoms with van der Waals surface area (Å²) in [6.07, 6.45) is 2.19. The maximum Gasteiger partial charge on any atom is 0.243 e. The summed E-state index contributed by atoms with van der Waals surface area (Å²) in [4.78, 5) is 27.9. The molecule has 0 aliphatic heterocycles. The number of ether oxygens (including phenoxy) is 1. The number of hydrogen-bond acceptors (Lipinski definition) is 6. The molecule has 10 heteroatoms. The highest BCUT2D eigenvalue weighted by Crippen LogP contribution is 2.19. The normalized spacial score (nSPS) is 12.9. The SMILES string of the molecule is CCC(C)(C)NC(=O)C(C(C)C)N(Cc1ccco1)C(=O)CNS(=O)(=O)c1ccc(OC)cc1. The number of sulfonamides is 1. The average molecular weight is 494 g/mol. The number of methoxy groups -OCH3 is 1. The highest BCUT2D eigenvalue weighted by atomic mass is 32.2. The minimum atomic E-state index is -3.95. The Kier molecular flexibility index (Phi) is 9.29. The van der Waals surface area contributed by atoms with Crippen LogP contribution in [0.3, 0.4) is 0 Å². The van der Waals surface area contributed by atoms with Crippen LogP contribution in [0.2, 0.25) is 0 Å². The third-order valence-corrected chi connectivity index (χ3v) is 7.01. The smallest absolute Gasteiger partial charge is 0.243 e. The Balaban J connectivity index is 2.27. The highest BCUT2D eigenvalue weighted by molar-refractivity contribution is 7.89. The Morgan fingerprint density at radius 2 is 1.79 bits per heavy atom. The fourth-order valence-corrected chi connectivity index (χ4v) is 4.28. The first-order chi connectivity index (χ1) is 15.9. The minimum Gasteiger partial charge on any atom is -0.497 e. The topological polar surface area (TPSA) is 118 Å². The quantitative estimate of drug-likeness (QED) is 0.469. The third kappa shape index (κ3) is 7.33. The number of nitrogens with one attached hydrogen (secondary N) is 2. The van der Waals surface area contributed by atoms with Gasteiger partial charge < -0.3 is 19.4 Å². The molecule has 9 nitrogen and oxygen atoms in total. The van der Waals surface area contributed by atoms with Gasteiger partial charge in [0.1, 0.15) is 17.6 Å². The molecule has 1 aromatic carbocycles. The van der Waals surface area contributed by atoms with E-state index in [0.29, 0.717) is 17.9 Å². The number of furan rings is 1. The summed E-state index contributed by atoms with van der Waals surface area (Å²) in [7, 11) is -2.47. The standard InChI is InChI=1S/C24H35N3O6S/c1-7-24(4,5)26-23(29)22(17(2)3)27(16-19-9-8-14-33-19)21(28)15-25-34(30,31)20-12-10-18(32-6)11-13-20/h8-14,17,22,25H,7,15-16H2,1-6H3,(H,26,29). The fourth-order valence-electron chi connectivity index (χ4n) is 3.31. The van der Waals surface area contributed by atoms with E-state index >= 15 is 0 Å². The molecule has 1 atom stereocenters.